The van der Waals surface area contributed by atoms with Gasteiger partial charge >= 0.3 is 0 Å². The molecule has 4 nitrogen and oxygen atoms in total. The number of amides is 1. The van der Waals surface area contributed by atoms with Gasteiger partial charge in [0, 0.05) is 24.4 Å². The Balaban J connectivity index is 1.64. The van der Waals surface area contributed by atoms with E-state index in [0.29, 0.717) is 19.5 Å². The van der Waals surface area contributed by atoms with E-state index in [2.05, 4.69) is 29.6 Å². The van der Waals surface area contributed by atoms with Crippen molar-refractivity contribution in [1.29, 1.82) is 0 Å². The molecule has 1 aliphatic rings. The number of hydrogen-bond acceptors (Lipinski definition) is 4. The van der Waals surface area contributed by atoms with Gasteiger partial charge in [0.05, 0.1) is 6.54 Å². The third-order valence-electron chi connectivity index (χ3n) is 4.42. The topological polar surface area (TPSA) is 44.4 Å². The van der Waals surface area contributed by atoms with Crippen molar-refractivity contribution < 1.29 is 9.18 Å². The SMILES string of the molecule is CN(C)C1(CNCC(=O)NCCc2ccc(F)cc2)CCSC1. The Labute approximate surface area is 142 Å². The Morgan fingerprint density at radius 1 is 1.35 bits per heavy atom. The number of carbonyl (C=O) groups is 1. The van der Waals surface area contributed by atoms with Gasteiger partial charge in [-0.3, -0.25) is 4.79 Å². The minimum absolute atomic E-state index is 0.00617. The number of thioether (sulfide) groups is 1. The number of nitrogens with one attached hydrogen (secondary N) is 2. The van der Waals surface area contributed by atoms with E-state index in [9.17, 15) is 9.18 Å². The first-order valence-corrected chi connectivity index (χ1v) is 9.14. The fraction of sp³-hybridized carbons (Fsp3) is 0.588. The van der Waals surface area contributed by atoms with Crippen molar-refractivity contribution in [2.45, 2.75) is 18.4 Å². The van der Waals surface area contributed by atoms with Crippen LogP contribution in [0.5, 0.6) is 0 Å². The van der Waals surface area contributed by atoms with Crippen molar-refractivity contribution in [3.8, 4) is 0 Å². The predicted octanol–water partition coefficient (Wildman–Crippen LogP) is 1.51. The lowest BCUT2D eigenvalue weighted by Crippen LogP contribution is -2.53. The Kier molecular flexibility index (Phi) is 6.87. The van der Waals surface area contributed by atoms with Crippen LogP contribution in [0.1, 0.15) is 12.0 Å². The number of halogens is 1. The summed E-state index contributed by atoms with van der Waals surface area (Å²) < 4.78 is 12.8. The van der Waals surface area contributed by atoms with E-state index in [1.165, 1.54) is 17.9 Å². The molecule has 23 heavy (non-hydrogen) atoms. The summed E-state index contributed by atoms with van der Waals surface area (Å²) in [5, 5.41) is 6.19. The molecular weight excluding hydrogens is 313 g/mol. The lowest BCUT2D eigenvalue weighted by atomic mass is 9.97. The summed E-state index contributed by atoms with van der Waals surface area (Å²) in [4.78, 5) is 14.2. The first-order chi connectivity index (χ1) is 11.0. The largest absolute Gasteiger partial charge is 0.355 e. The van der Waals surface area contributed by atoms with Crippen LogP contribution < -0.4 is 10.6 Å². The number of benzene rings is 1. The summed E-state index contributed by atoms with van der Waals surface area (Å²) in [5.41, 5.74) is 1.19. The summed E-state index contributed by atoms with van der Waals surface area (Å²) in [6.07, 6.45) is 1.87. The van der Waals surface area contributed by atoms with Crippen molar-refractivity contribution in [1.82, 2.24) is 15.5 Å². The zero-order valence-electron chi connectivity index (χ0n) is 13.9. The number of hydrogen-bond donors (Lipinski definition) is 2. The van der Waals surface area contributed by atoms with Gasteiger partial charge in [0.25, 0.3) is 0 Å². The van der Waals surface area contributed by atoms with Crippen LogP contribution in [0.4, 0.5) is 4.39 Å². The van der Waals surface area contributed by atoms with E-state index in [1.54, 1.807) is 12.1 Å². The summed E-state index contributed by atoms with van der Waals surface area (Å²) >= 11 is 1.97. The van der Waals surface area contributed by atoms with E-state index in [-0.39, 0.29) is 17.3 Å². The predicted molar refractivity (Wildman–Crippen MR) is 94.3 cm³/mol. The molecule has 0 spiro atoms. The maximum Gasteiger partial charge on any atom is 0.233 e. The molecule has 1 aromatic rings. The average Bonchev–Trinajstić information content (AvgIpc) is 2.99. The Hall–Kier alpha value is -1.11. The van der Waals surface area contributed by atoms with Crippen LogP contribution in [0.15, 0.2) is 24.3 Å². The van der Waals surface area contributed by atoms with Crippen LogP contribution in [0, 0.1) is 5.82 Å². The highest BCUT2D eigenvalue weighted by Crippen LogP contribution is 2.31. The molecule has 2 N–H and O–H groups in total. The molecule has 1 unspecified atom stereocenters. The van der Waals surface area contributed by atoms with Gasteiger partial charge in [0.15, 0.2) is 0 Å². The number of nitrogens with zero attached hydrogens (tertiary/aromatic N) is 1. The van der Waals surface area contributed by atoms with E-state index >= 15 is 0 Å². The molecule has 0 bridgehead atoms. The molecule has 1 fully saturated rings. The zero-order valence-corrected chi connectivity index (χ0v) is 14.7. The highest BCUT2D eigenvalue weighted by atomic mass is 32.2. The first-order valence-electron chi connectivity index (χ1n) is 7.99. The van der Waals surface area contributed by atoms with Crippen LogP contribution in [-0.2, 0) is 11.2 Å². The number of rotatable bonds is 8. The highest BCUT2D eigenvalue weighted by molar-refractivity contribution is 7.99. The van der Waals surface area contributed by atoms with Gasteiger partial charge < -0.3 is 15.5 Å². The second kappa shape index (κ2) is 8.66. The maximum atomic E-state index is 12.8. The molecule has 0 aromatic heterocycles. The number of carbonyl (C=O) groups excluding carboxylic acids is 1. The van der Waals surface area contributed by atoms with Gasteiger partial charge in [-0.1, -0.05) is 12.1 Å². The maximum absolute atomic E-state index is 12.8. The Bertz CT molecular complexity index is 501. The molecule has 6 heteroatoms. The van der Waals surface area contributed by atoms with Gasteiger partial charge in [-0.2, -0.15) is 11.8 Å². The fourth-order valence-corrected chi connectivity index (χ4v) is 4.27. The monoisotopic (exact) mass is 339 g/mol. The lowest BCUT2D eigenvalue weighted by Gasteiger charge is -2.35. The van der Waals surface area contributed by atoms with Crippen LogP contribution in [0.3, 0.4) is 0 Å². The molecule has 0 radical (unpaired) electrons. The summed E-state index contributed by atoms with van der Waals surface area (Å²) in [6.45, 7) is 1.74. The van der Waals surface area contributed by atoms with Crippen LogP contribution in [-0.4, -0.2) is 61.6 Å². The van der Waals surface area contributed by atoms with Crippen LogP contribution >= 0.6 is 11.8 Å². The van der Waals surface area contributed by atoms with Gasteiger partial charge in [0.1, 0.15) is 5.82 Å². The third-order valence-corrected chi connectivity index (χ3v) is 5.65. The number of likely N-dealkylation sites (N-methyl/N-ethyl adjacent to an activating group) is 1. The van der Waals surface area contributed by atoms with Crippen molar-refractivity contribution >= 4 is 17.7 Å². The summed E-state index contributed by atoms with van der Waals surface area (Å²) in [5.74, 6) is 2.07. The van der Waals surface area contributed by atoms with Crippen molar-refractivity contribution in [3.05, 3.63) is 35.6 Å². The second-order valence-electron chi connectivity index (χ2n) is 6.25. The first kappa shape index (κ1) is 18.2. The molecule has 1 atom stereocenters. The quantitative estimate of drug-likeness (QED) is 0.754. The molecular formula is C17H26FN3OS. The molecule has 2 rings (SSSR count). The third kappa shape index (κ3) is 5.48. The summed E-state index contributed by atoms with van der Waals surface area (Å²) in [6, 6.07) is 6.38. The fourth-order valence-electron chi connectivity index (χ4n) is 2.72. The summed E-state index contributed by atoms with van der Waals surface area (Å²) in [7, 11) is 4.21. The zero-order chi connectivity index (χ0) is 16.7. The molecule has 128 valence electrons. The smallest absolute Gasteiger partial charge is 0.233 e. The lowest BCUT2D eigenvalue weighted by molar-refractivity contribution is -0.120. The van der Waals surface area contributed by atoms with Gasteiger partial charge in [-0.05, 0) is 50.4 Å². The minimum atomic E-state index is -0.234. The Morgan fingerprint density at radius 3 is 2.70 bits per heavy atom. The van der Waals surface area contributed by atoms with E-state index in [0.717, 1.165) is 24.3 Å². The minimum Gasteiger partial charge on any atom is -0.355 e. The van der Waals surface area contributed by atoms with E-state index in [1.807, 2.05) is 11.8 Å². The van der Waals surface area contributed by atoms with Crippen molar-refractivity contribution in [2.75, 3.05) is 45.2 Å². The van der Waals surface area contributed by atoms with Crippen molar-refractivity contribution in [3.63, 3.8) is 0 Å². The van der Waals surface area contributed by atoms with Gasteiger partial charge in [0.2, 0.25) is 5.91 Å². The highest BCUT2D eigenvalue weighted by Gasteiger charge is 2.36. The Morgan fingerprint density at radius 2 is 2.09 bits per heavy atom. The van der Waals surface area contributed by atoms with Crippen molar-refractivity contribution in [2.24, 2.45) is 0 Å². The molecule has 1 heterocycles. The molecule has 0 aliphatic carbocycles. The average molecular weight is 339 g/mol. The van der Waals surface area contributed by atoms with Gasteiger partial charge in [-0.15, -0.1) is 0 Å². The molecule has 1 amide bonds. The normalized spacial score (nSPS) is 20.9. The molecule has 1 saturated heterocycles. The van der Waals surface area contributed by atoms with Crippen LogP contribution in [0.2, 0.25) is 0 Å². The van der Waals surface area contributed by atoms with E-state index < -0.39 is 0 Å². The van der Waals surface area contributed by atoms with Gasteiger partial charge in [-0.25, -0.2) is 4.39 Å². The second-order valence-corrected chi connectivity index (χ2v) is 7.36. The molecule has 1 aromatic carbocycles. The van der Waals surface area contributed by atoms with E-state index in [4.69, 9.17) is 0 Å². The molecule has 1 aliphatic heterocycles. The molecule has 0 saturated carbocycles. The standard InChI is InChI=1S/C17H26FN3OS/c1-21(2)17(8-10-23-13-17)12-19-11-16(22)20-9-7-14-3-5-15(18)6-4-14/h3-6,19H,7-13H2,1-2H3,(H,20,22). The van der Waals surface area contributed by atoms with Crippen LogP contribution in [0.25, 0.3) is 0 Å².